The van der Waals surface area contributed by atoms with Crippen LogP contribution in [0.5, 0.6) is 0 Å². The molecule has 0 atom stereocenters. The maximum absolute atomic E-state index is 9.47. The summed E-state index contributed by atoms with van der Waals surface area (Å²) in [6.07, 6.45) is 0. The molecule has 0 aromatic rings. The highest BCUT2D eigenvalue weighted by Gasteiger charge is 2.07. The van der Waals surface area contributed by atoms with Crippen molar-refractivity contribution in [3.8, 4) is 0 Å². The van der Waals surface area contributed by atoms with Crippen molar-refractivity contribution in [2.45, 2.75) is 27.7 Å². The molecule has 0 radical (unpaired) electrons. The monoisotopic (exact) mass is 196 g/mol. The van der Waals surface area contributed by atoms with Crippen molar-refractivity contribution < 1.29 is 18.9 Å². The lowest BCUT2D eigenvalue weighted by Gasteiger charge is -1.93. The zero-order valence-corrected chi connectivity index (χ0v) is 9.05. The Morgan fingerprint density at radius 1 is 1.08 bits per heavy atom. The summed E-state index contributed by atoms with van der Waals surface area (Å²) >= 11 is 0. The van der Waals surface area contributed by atoms with Gasteiger partial charge >= 0.3 is 7.82 Å². The molecule has 0 heterocycles. The Bertz CT molecular complexity index is 174. The van der Waals surface area contributed by atoms with Crippen LogP contribution < -0.4 is 0 Å². The van der Waals surface area contributed by atoms with Crippen LogP contribution in [0.2, 0.25) is 0 Å². The van der Waals surface area contributed by atoms with Crippen molar-refractivity contribution in [1.29, 1.82) is 0 Å². The number of hydrogen-bond acceptors (Lipinski definition) is 2. The van der Waals surface area contributed by atoms with E-state index < -0.39 is 7.82 Å². The molecule has 0 saturated heterocycles. The molecule has 0 fully saturated rings. The summed E-state index contributed by atoms with van der Waals surface area (Å²) < 4.78 is 13.1. The number of rotatable bonds is 1. The largest absolute Gasteiger partial charge is 0.469 e. The Balaban J connectivity index is 0. The van der Waals surface area contributed by atoms with Crippen molar-refractivity contribution in [2.24, 2.45) is 0 Å². The smallest absolute Gasteiger partial charge is 0.303 e. The van der Waals surface area contributed by atoms with Gasteiger partial charge in [-0.3, -0.25) is 4.52 Å². The van der Waals surface area contributed by atoms with Gasteiger partial charge in [0.2, 0.25) is 0 Å². The molecule has 2 N–H and O–H groups in total. The van der Waals surface area contributed by atoms with Crippen molar-refractivity contribution in [2.75, 3.05) is 7.11 Å². The standard InChI is InChI=1S/C6H12.CH5O4P/c1-5(2)6(3)4;1-5-6(2,3)4/h1-4H3;1H3,(H2,2,3,4). The Morgan fingerprint density at radius 3 is 1.25 bits per heavy atom. The highest BCUT2D eigenvalue weighted by Crippen LogP contribution is 2.33. The van der Waals surface area contributed by atoms with Gasteiger partial charge < -0.3 is 9.79 Å². The fourth-order valence-electron chi connectivity index (χ4n) is 0. The summed E-state index contributed by atoms with van der Waals surface area (Å²) in [4.78, 5) is 15.4. The maximum atomic E-state index is 9.47. The molecule has 5 heteroatoms. The van der Waals surface area contributed by atoms with Crippen LogP contribution in [0, 0.1) is 0 Å². The predicted molar refractivity (Wildman–Crippen MR) is 48.8 cm³/mol. The molecule has 0 rings (SSSR count). The van der Waals surface area contributed by atoms with E-state index in [4.69, 9.17) is 9.79 Å². The third kappa shape index (κ3) is 16.4. The van der Waals surface area contributed by atoms with Crippen LogP contribution in [-0.2, 0) is 9.09 Å². The van der Waals surface area contributed by atoms with E-state index in [1.807, 2.05) is 0 Å². The van der Waals surface area contributed by atoms with Gasteiger partial charge in [-0.15, -0.1) is 0 Å². The molecular formula is C7H17O4P. The Hall–Kier alpha value is -0.150. The average molecular weight is 196 g/mol. The lowest BCUT2D eigenvalue weighted by atomic mass is 10.2. The minimum absolute atomic E-state index is 0.945. The van der Waals surface area contributed by atoms with E-state index in [-0.39, 0.29) is 0 Å². The first kappa shape index (κ1) is 14.4. The van der Waals surface area contributed by atoms with Crippen LogP contribution in [0.15, 0.2) is 11.1 Å². The zero-order chi connectivity index (χ0) is 10.4. The van der Waals surface area contributed by atoms with Gasteiger partial charge in [0.05, 0.1) is 0 Å². The molecule has 0 aromatic carbocycles. The van der Waals surface area contributed by atoms with Crippen LogP contribution in [0.3, 0.4) is 0 Å². The fraction of sp³-hybridized carbons (Fsp3) is 0.714. The van der Waals surface area contributed by atoms with Gasteiger partial charge in [0.15, 0.2) is 0 Å². The van der Waals surface area contributed by atoms with E-state index in [1.54, 1.807) is 0 Å². The first-order chi connectivity index (χ1) is 5.20. The van der Waals surface area contributed by atoms with Crippen LogP contribution in [0.4, 0.5) is 0 Å². The van der Waals surface area contributed by atoms with Crippen molar-refractivity contribution in [3.63, 3.8) is 0 Å². The third-order valence-corrected chi connectivity index (χ3v) is 1.71. The molecule has 0 aliphatic carbocycles. The van der Waals surface area contributed by atoms with Crippen molar-refractivity contribution >= 4 is 7.82 Å². The lowest BCUT2D eigenvalue weighted by Crippen LogP contribution is -1.76. The Kier molecular flexibility index (Phi) is 7.64. The van der Waals surface area contributed by atoms with Gasteiger partial charge in [0, 0.05) is 7.11 Å². The van der Waals surface area contributed by atoms with E-state index in [0.717, 1.165) is 7.11 Å². The summed E-state index contributed by atoms with van der Waals surface area (Å²) in [5.74, 6) is 0. The SMILES string of the molecule is CC(C)=C(C)C.COP(=O)(O)O. The second-order valence-corrected chi connectivity index (χ2v) is 4.02. The van der Waals surface area contributed by atoms with Gasteiger partial charge in [-0.1, -0.05) is 11.1 Å². The van der Waals surface area contributed by atoms with E-state index in [2.05, 4.69) is 32.2 Å². The molecule has 0 unspecified atom stereocenters. The number of phosphoric acid groups is 1. The lowest BCUT2D eigenvalue weighted by molar-refractivity contribution is 0.235. The highest BCUT2D eigenvalue weighted by molar-refractivity contribution is 7.46. The minimum Gasteiger partial charge on any atom is -0.303 e. The molecule has 0 amide bonds. The second-order valence-electron chi connectivity index (χ2n) is 2.67. The molecule has 0 aromatic heterocycles. The van der Waals surface area contributed by atoms with E-state index in [0.29, 0.717) is 0 Å². The highest BCUT2D eigenvalue weighted by atomic mass is 31.2. The maximum Gasteiger partial charge on any atom is 0.469 e. The molecule has 0 bridgehead atoms. The van der Waals surface area contributed by atoms with Gasteiger partial charge in [-0.2, -0.15) is 0 Å². The first-order valence-corrected chi connectivity index (χ1v) is 4.95. The van der Waals surface area contributed by atoms with Crippen LogP contribution in [0.1, 0.15) is 27.7 Å². The van der Waals surface area contributed by atoms with Gasteiger partial charge in [0.25, 0.3) is 0 Å². The average Bonchev–Trinajstić information content (AvgIpc) is 1.87. The zero-order valence-electron chi connectivity index (χ0n) is 8.16. The first-order valence-electron chi connectivity index (χ1n) is 3.42. The quantitative estimate of drug-likeness (QED) is 0.497. The number of allylic oxidation sites excluding steroid dienone is 2. The van der Waals surface area contributed by atoms with Crippen LogP contribution >= 0.6 is 7.82 Å². The summed E-state index contributed by atoms with van der Waals surface area (Å²) in [6.45, 7) is 8.48. The molecule has 0 aliphatic rings. The van der Waals surface area contributed by atoms with Crippen molar-refractivity contribution in [1.82, 2.24) is 0 Å². The third-order valence-electron chi connectivity index (χ3n) is 1.24. The van der Waals surface area contributed by atoms with Crippen LogP contribution in [0.25, 0.3) is 0 Å². The van der Waals surface area contributed by atoms with Crippen molar-refractivity contribution in [3.05, 3.63) is 11.1 Å². The summed E-state index contributed by atoms with van der Waals surface area (Å²) in [5.41, 5.74) is 2.85. The molecule has 0 saturated carbocycles. The molecule has 4 nitrogen and oxygen atoms in total. The number of hydrogen-bond donors (Lipinski definition) is 2. The topological polar surface area (TPSA) is 66.8 Å². The van der Waals surface area contributed by atoms with Gasteiger partial charge in [0.1, 0.15) is 0 Å². The summed E-state index contributed by atoms with van der Waals surface area (Å²) in [5, 5.41) is 0. The summed E-state index contributed by atoms with van der Waals surface area (Å²) in [6, 6.07) is 0. The number of phosphoric ester groups is 1. The van der Waals surface area contributed by atoms with E-state index in [1.165, 1.54) is 11.1 Å². The second kappa shape index (κ2) is 6.38. The summed E-state index contributed by atoms with van der Waals surface area (Å²) in [7, 11) is -3.20. The predicted octanol–water partition coefficient (Wildman–Crippen LogP) is 2.09. The Morgan fingerprint density at radius 2 is 1.25 bits per heavy atom. The van der Waals surface area contributed by atoms with E-state index >= 15 is 0 Å². The van der Waals surface area contributed by atoms with Gasteiger partial charge in [-0.05, 0) is 27.7 Å². The minimum atomic E-state index is -4.15. The molecule has 0 spiro atoms. The Labute approximate surface area is 73.5 Å². The fourth-order valence-corrected chi connectivity index (χ4v) is 0. The van der Waals surface area contributed by atoms with Gasteiger partial charge in [-0.25, -0.2) is 4.57 Å². The van der Waals surface area contributed by atoms with E-state index in [9.17, 15) is 4.57 Å². The normalized spacial score (nSPS) is 9.92. The molecule has 0 aliphatic heterocycles. The molecule has 12 heavy (non-hydrogen) atoms. The molecule has 74 valence electrons. The molecular weight excluding hydrogens is 179 g/mol. The van der Waals surface area contributed by atoms with Crippen LogP contribution in [-0.4, -0.2) is 16.9 Å².